The van der Waals surface area contributed by atoms with Crippen LogP contribution < -0.4 is 10.1 Å². The molecule has 0 spiro atoms. The zero-order chi connectivity index (χ0) is 13.1. The number of ether oxygens (including phenoxy) is 1. The minimum atomic E-state index is 0.513. The van der Waals surface area contributed by atoms with Gasteiger partial charge in [-0.15, -0.1) is 0 Å². The third-order valence-corrected chi connectivity index (χ3v) is 3.96. The minimum absolute atomic E-state index is 0.513. The van der Waals surface area contributed by atoms with Gasteiger partial charge in [0.05, 0.1) is 7.11 Å². The maximum absolute atomic E-state index is 5.63. The largest absolute Gasteiger partial charge is 0.496 e. The summed E-state index contributed by atoms with van der Waals surface area (Å²) in [5.74, 6) is 2.29. The van der Waals surface area contributed by atoms with E-state index in [4.69, 9.17) is 4.74 Å². The van der Waals surface area contributed by atoms with Crippen LogP contribution in [0.4, 0.5) is 0 Å². The van der Waals surface area contributed by atoms with Crippen LogP contribution in [0.25, 0.3) is 0 Å². The van der Waals surface area contributed by atoms with Crippen LogP contribution in [0.5, 0.6) is 5.75 Å². The highest BCUT2D eigenvalue weighted by molar-refractivity contribution is 5.47. The standard InChI is InChI=1S/C16H25NO/c1-5-12-8-14(13-6-7-17-10-13)9-15(11(2)3)16(12)18-4/h8-9,11,13,17H,5-7,10H2,1-4H3. The fourth-order valence-electron chi connectivity index (χ4n) is 2.85. The van der Waals surface area contributed by atoms with E-state index in [1.807, 2.05) is 0 Å². The van der Waals surface area contributed by atoms with Gasteiger partial charge in [-0.2, -0.15) is 0 Å². The van der Waals surface area contributed by atoms with Crippen LogP contribution in [-0.2, 0) is 6.42 Å². The molecule has 0 saturated carbocycles. The normalized spacial score (nSPS) is 19.5. The number of aryl methyl sites for hydroxylation is 1. The Hall–Kier alpha value is -1.02. The quantitative estimate of drug-likeness (QED) is 0.880. The summed E-state index contributed by atoms with van der Waals surface area (Å²) in [4.78, 5) is 0. The summed E-state index contributed by atoms with van der Waals surface area (Å²) < 4.78 is 5.63. The van der Waals surface area contributed by atoms with Crippen LogP contribution in [0.2, 0.25) is 0 Å². The summed E-state index contributed by atoms with van der Waals surface area (Å²) in [5.41, 5.74) is 4.20. The predicted octanol–water partition coefficient (Wildman–Crippen LogP) is 3.46. The van der Waals surface area contributed by atoms with Gasteiger partial charge in [-0.1, -0.05) is 32.9 Å². The molecule has 0 radical (unpaired) electrons. The third-order valence-electron chi connectivity index (χ3n) is 3.96. The van der Waals surface area contributed by atoms with Crippen LogP contribution in [0.3, 0.4) is 0 Å². The molecule has 1 aliphatic heterocycles. The van der Waals surface area contributed by atoms with Crippen LogP contribution in [0, 0.1) is 0 Å². The number of hydrogen-bond donors (Lipinski definition) is 1. The Labute approximate surface area is 111 Å². The van der Waals surface area contributed by atoms with Gasteiger partial charge >= 0.3 is 0 Å². The first-order valence-electron chi connectivity index (χ1n) is 7.08. The molecule has 2 rings (SSSR count). The lowest BCUT2D eigenvalue weighted by molar-refractivity contribution is 0.402. The molecular weight excluding hydrogens is 222 g/mol. The van der Waals surface area contributed by atoms with Gasteiger partial charge in [-0.25, -0.2) is 0 Å². The third kappa shape index (κ3) is 2.54. The maximum atomic E-state index is 5.63. The van der Waals surface area contributed by atoms with Crippen molar-refractivity contribution in [3.63, 3.8) is 0 Å². The van der Waals surface area contributed by atoms with Crippen molar-refractivity contribution in [3.05, 3.63) is 28.8 Å². The summed E-state index contributed by atoms with van der Waals surface area (Å²) in [5, 5.41) is 3.45. The monoisotopic (exact) mass is 247 g/mol. The molecule has 18 heavy (non-hydrogen) atoms. The molecule has 1 N–H and O–H groups in total. The molecule has 1 aromatic carbocycles. The Morgan fingerprint density at radius 3 is 2.67 bits per heavy atom. The molecule has 0 aliphatic carbocycles. The molecule has 1 saturated heterocycles. The molecule has 2 heteroatoms. The average molecular weight is 247 g/mol. The first kappa shape index (κ1) is 13.4. The van der Waals surface area contributed by atoms with Gasteiger partial charge in [0.25, 0.3) is 0 Å². The highest BCUT2D eigenvalue weighted by Crippen LogP contribution is 2.35. The molecular formula is C16H25NO. The summed E-state index contributed by atoms with van der Waals surface area (Å²) >= 11 is 0. The molecule has 1 atom stereocenters. The molecule has 1 aromatic rings. The SMILES string of the molecule is CCc1cc(C2CCNC2)cc(C(C)C)c1OC. The van der Waals surface area contributed by atoms with E-state index in [1.54, 1.807) is 7.11 Å². The molecule has 0 bridgehead atoms. The first-order valence-corrected chi connectivity index (χ1v) is 7.08. The second-order valence-electron chi connectivity index (χ2n) is 5.50. The van der Waals surface area contributed by atoms with E-state index in [0.717, 1.165) is 25.3 Å². The van der Waals surface area contributed by atoms with Gasteiger partial charge in [0, 0.05) is 6.54 Å². The molecule has 1 aliphatic rings. The lowest BCUT2D eigenvalue weighted by atomic mass is 9.89. The Kier molecular flexibility index (Phi) is 4.28. The maximum Gasteiger partial charge on any atom is 0.125 e. The van der Waals surface area contributed by atoms with Gasteiger partial charge in [0.2, 0.25) is 0 Å². The van der Waals surface area contributed by atoms with E-state index in [2.05, 4.69) is 38.2 Å². The van der Waals surface area contributed by atoms with Gasteiger partial charge in [0.15, 0.2) is 0 Å². The number of rotatable bonds is 4. The van der Waals surface area contributed by atoms with Gasteiger partial charge in [0.1, 0.15) is 5.75 Å². The minimum Gasteiger partial charge on any atom is -0.496 e. The average Bonchev–Trinajstić information content (AvgIpc) is 2.90. The molecule has 100 valence electrons. The van der Waals surface area contributed by atoms with Crippen molar-refractivity contribution in [3.8, 4) is 5.75 Å². The fraction of sp³-hybridized carbons (Fsp3) is 0.625. The van der Waals surface area contributed by atoms with Crippen molar-refractivity contribution in [1.82, 2.24) is 5.32 Å². The van der Waals surface area contributed by atoms with Crippen molar-refractivity contribution in [2.24, 2.45) is 0 Å². The molecule has 2 nitrogen and oxygen atoms in total. The Morgan fingerprint density at radius 2 is 2.17 bits per heavy atom. The van der Waals surface area contributed by atoms with Crippen LogP contribution in [0.15, 0.2) is 12.1 Å². The molecule has 0 amide bonds. The van der Waals surface area contributed by atoms with E-state index < -0.39 is 0 Å². The number of nitrogens with one attached hydrogen (secondary N) is 1. The van der Waals surface area contributed by atoms with Crippen molar-refractivity contribution in [2.75, 3.05) is 20.2 Å². The zero-order valence-electron chi connectivity index (χ0n) is 12.0. The van der Waals surface area contributed by atoms with E-state index in [1.165, 1.54) is 23.1 Å². The second-order valence-corrected chi connectivity index (χ2v) is 5.50. The van der Waals surface area contributed by atoms with E-state index in [0.29, 0.717) is 11.8 Å². The van der Waals surface area contributed by atoms with E-state index in [9.17, 15) is 0 Å². The Morgan fingerprint density at radius 1 is 1.39 bits per heavy atom. The zero-order valence-corrected chi connectivity index (χ0v) is 12.0. The smallest absolute Gasteiger partial charge is 0.125 e. The van der Waals surface area contributed by atoms with Crippen LogP contribution >= 0.6 is 0 Å². The predicted molar refractivity (Wildman–Crippen MR) is 76.7 cm³/mol. The van der Waals surface area contributed by atoms with E-state index >= 15 is 0 Å². The second kappa shape index (κ2) is 5.75. The highest BCUT2D eigenvalue weighted by atomic mass is 16.5. The van der Waals surface area contributed by atoms with Crippen LogP contribution in [-0.4, -0.2) is 20.2 Å². The molecule has 1 unspecified atom stereocenters. The van der Waals surface area contributed by atoms with Crippen molar-refractivity contribution in [2.45, 2.75) is 45.4 Å². The molecule has 0 aromatic heterocycles. The molecule has 1 heterocycles. The topological polar surface area (TPSA) is 21.3 Å². The first-order chi connectivity index (χ1) is 8.67. The summed E-state index contributed by atoms with van der Waals surface area (Å²) in [7, 11) is 1.79. The Balaban J connectivity index is 2.45. The van der Waals surface area contributed by atoms with Crippen LogP contribution in [0.1, 0.15) is 55.7 Å². The summed E-state index contributed by atoms with van der Waals surface area (Å²) in [6.45, 7) is 8.96. The summed E-state index contributed by atoms with van der Waals surface area (Å²) in [6, 6.07) is 4.71. The number of benzene rings is 1. The van der Waals surface area contributed by atoms with Crippen molar-refractivity contribution in [1.29, 1.82) is 0 Å². The summed E-state index contributed by atoms with van der Waals surface area (Å²) in [6.07, 6.45) is 2.30. The lowest BCUT2D eigenvalue weighted by Crippen LogP contribution is -2.09. The number of hydrogen-bond acceptors (Lipinski definition) is 2. The highest BCUT2D eigenvalue weighted by Gasteiger charge is 2.20. The van der Waals surface area contributed by atoms with Crippen molar-refractivity contribution < 1.29 is 4.74 Å². The van der Waals surface area contributed by atoms with Gasteiger partial charge < -0.3 is 10.1 Å². The molecule has 1 fully saturated rings. The van der Waals surface area contributed by atoms with E-state index in [-0.39, 0.29) is 0 Å². The lowest BCUT2D eigenvalue weighted by Gasteiger charge is -2.20. The van der Waals surface area contributed by atoms with Gasteiger partial charge in [-0.3, -0.25) is 0 Å². The van der Waals surface area contributed by atoms with Gasteiger partial charge in [-0.05, 0) is 47.9 Å². The Bertz CT molecular complexity index is 406. The number of methoxy groups -OCH3 is 1. The van der Waals surface area contributed by atoms with Crippen molar-refractivity contribution >= 4 is 0 Å². The fourth-order valence-corrected chi connectivity index (χ4v) is 2.85.